The largest absolute Gasteiger partial charge is 0.348 e. The van der Waals surface area contributed by atoms with E-state index in [2.05, 4.69) is 39.9 Å². The fourth-order valence-corrected chi connectivity index (χ4v) is 3.71. The van der Waals surface area contributed by atoms with E-state index in [1.165, 1.54) is 12.1 Å². The number of piperidine rings is 1. The summed E-state index contributed by atoms with van der Waals surface area (Å²) in [4.78, 5) is 16.1. The van der Waals surface area contributed by atoms with Gasteiger partial charge >= 0.3 is 0 Å². The lowest BCUT2D eigenvalue weighted by Gasteiger charge is -2.33. The second kappa shape index (κ2) is 7.94. The van der Waals surface area contributed by atoms with Crippen molar-refractivity contribution in [1.82, 2.24) is 20.2 Å². The van der Waals surface area contributed by atoms with Gasteiger partial charge in [-0.2, -0.15) is 0 Å². The molecule has 0 saturated carbocycles. The van der Waals surface area contributed by atoms with E-state index < -0.39 is 0 Å². The molecule has 2 heterocycles. The lowest BCUT2D eigenvalue weighted by atomic mass is 9.91. The van der Waals surface area contributed by atoms with Crippen LogP contribution < -0.4 is 10.6 Å². The smallest absolute Gasteiger partial charge is 0.220 e. The van der Waals surface area contributed by atoms with E-state index in [4.69, 9.17) is 0 Å². The number of nitrogens with one attached hydrogen (secondary N) is 2. The standard InChI is InChI=1S/C22H23FN4O/c1-15-24-11-12-27(15)19-7-5-16(6-8-19)14-25-20-9-10-21(28)26-22(20)17-3-2-4-18(23)13-17/h2-8,11-13,20,22,25H,9-10,14H2,1H3,(H,26,28)/t20-,22+/m1/s1. The van der Waals surface area contributed by atoms with Crippen LogP contribution in [0.3, 0.4) is 0 Å². The summed E-state index contributed by atoms with van der Waals surface area (Å²) in [6.07, 6.45) is 4.92. The van der Waals surface area contributed by atoms with E-state index in [0.29, 0.717) is 13.0 Å². The van der Waals surface area contributed by atoms with Gasteiger partial charge in [-0.05, 0) is 48.7 Å². The molecule has 6 heteroatoms. The zero-order valence-corrected chi connectivity index (χ0v) is 15.7. The summed E-state index contributed by atoms with van der Waals surface area (Å²) in [6.45, 7) is 2.65. The minimum atomic E-state index is -0.290. The van der Waals surface area contributed by atoms with Gasteiger partial charge in [0.25, 0.3) is 0 Å². The van der Waals surface area contributed by atoms with Crippen LogP contribution >= 0.6 is 0 Å². The Morgan fingerprint density at radius 1 is 1.25 bits per heavy atom. The third-order valence-electron chi connectivity index (χ3n) is 5.22. The summed E-state index contributed by atoms with van der Waals surface area (Å²) >= 11 is 0. The second-order valence-corrected chi connectivity index (χ2v) is 7.14. The maximum absolute atomic E-state index is 13.6. The Balaban J connectivity index is 1.45. The first-order valence-corrected chi connectivity index (χ1v) is 9.47. The molecule has 1 aliphatic rings. The molecule has 0 unspecified atom stereocenters. The molecule has 5 nitrogen and oxygen atoms in total. The number of carbonyl (C=O) groups is 1. The van der Waals surface area contributed by atoms with Gasteiger partial charge in [-0.3, -0.25) is 4.79 Å². The first-order valence-electron chi connectivity index (χ1n) is 9.47. The molecule has 0 bridgehead atoms. The summed E-state index contributed by atoms with van der Waals surface area (Å²) < 4.78 is 15.7. The normalized spacial score (nSPS) is 19.4. The van der Waals surface area contributed by atoms with E-state index in [9.17, 15) is 9.18 Å². The molecule has 0 aliphatic carbocycles. The van der Waals surface area contributed by atoms with Gasteiger partial charge < -0.3 is 15.2 Å². The van der Waals surface area contributed by atoms with Crippen LogP contribution in [0.5, 0.6) is 0 Å². The molecule has 1 fully saturated rings. The van der Waals surface area contributed by atoms with Crippen LogP contribution in [0.15, 0.2) is 60.9 Å². The Morgan fingerprint density at radius 2 is 2.07 bits per heavy atom. The van der Waals surface area contributed by atoms with Crippen LogP contribution in [0.1, 0.15) is 35.8 Å². The number of halogens is 1. The lowest BCUT2D eigenvalue weighted by molar-refractivity contribution is -0.123. The number of nitrogens with zero attached hydrogens (tertiary/aromatic N) is 2. The van der Waals surface area contributed by atoms with Gasteiger partial charge in [0.05, 0.1) is 6.04 Å². The van der Waals surface area contributed by atoms with Gasteiger partial charge in [-0.15, -0.1) is 0 Å². The highest BCUT2D eigenvalue weighted by Gasteiger charge is 2.29. The molecular formula is C22H23FN4O. The van der Waals surface area contributed by atoms with Crippen molar-refractivity contribution in [3.63, 3.8) is 0 Å². The van der Waals surface area contributed by atoms with E-state index in [-0.39, 0.29) is 23.8 Å². The second-order valence-electron chi connectivity index (χ2n) is 7.14. The van der Waals surface area contributed by atoms with E-state index >= 15 is 0 Å². The Hall–Kier alpha value is -2.99. The Kier molecular flexibility index (Phi) is 5.21. The number of amides is 1. The van der Waals surface area contributed by atoms with Crippen LogP contribution in [0, 0.1) is 12.7 Å². The zero-order chi connectivity index (χ0) is 19.5. The van der Waals surface area contributed by atoms with Crippen LogP contribution in [0.4, 0.5) is 4.39 Å². The zero-order valence-electron chi connectivity index (χ0n) is 15.7. The first kappa shape index (κ1) is 18.4. The summed E-state index contributed by atoms with van der Waals surface area (Å²) in [5.74, 6) is 0.663. The highest BCUT2D eigenvalue weighted by molar-refractivity contribution is 5.77. The molecule has 1 saturated heterocycles. The summed E-state index contributed by atoms with van der Waals surface area (Å²) in [6, 6.07) is 14.6. The van der Waals surface area contributed by atoms with Gasteiger partial charge in [-0.25, -0.2) is 9.37 Å². The van der Waals surface area contributed by atoms with Gasteiger partial charge in [0.15, 0.2) is 0 Å². The highest BCUT2D eigenvalue weighted by atomic mass is 19.1. The highest BCUT2D eigenvalue weighted by Crippen LogP contribution is 2.25. The molecule has 2 aromatic carbocycles. The molecule has 2 N–H and O–H groups in total. The molecular weight excluding hydrogens is 355 g/mol. The average Bonchev–Trinajstić information content (AvgIpc) is 3.13. The number of hydrogen-bond acceptors (Lipinski definition) is 3. The SMILES string of the molecule is Cc1nccn1-c1ccc(CN[C@@H]2CCC(=O)N[C@H]2c2cccc(F)c2)cc1. The van der Waals surface area contributed by atoms with Crippen molar-refractivity contribution in [2.75, 3.05) is 0 Å². The number of hydrogen-bond donors (Lipinski definition) is 2. The van der Waals surface area contributed by atoms with Crippen LogP contribution in [0.2, 0.25) is 0 Å². The van der Waals surface area contributed by atoms with Crippen molar-refractivity contribution >= 4 is 5.91 Å². The predicted molar refractivity (Wildman–Crippen MR) is 105 cm³/mol. The Bertz CT molecular complexity index is 967. The van der Waals surface area contributed by atoms with Crippen LogP contribution in [-0.4, -0.2) is 21.5 Å². The average molecular weight is 378 g/mol. The minimum Gasteiger partial charge on any atom is -0.348 e. The maximum atomic E-state index is 13.6. The van der Waals surface area contributed by atoms with Gasteiger partial charge in [0.2, 0.25) is 5.91 Å². The van der Waals surface area contributed by atoms with Crippen molar-refractivity contribution in [2.24, 2.45) is 0 Å². The molecule has 2 atom stereocenters. The number of imidazole rings is 1. The minimum absolute atomic E-state index is 0.00682. The molecule has 1 aromatic heterocycles. The Labute approximate surface area is 163 Å². The molecule has 1 aliphatic heterocycles. The van der Waals surface area contributed by atoms with E-state index in [0.717, 1.165) is 29.1 Å². The predicted octanol–water partition coefficient (Wildman–Crippen LogP) is 3.43. The molecule has 4 rings (SSSR count). The molecule has 1 amide bonds. The van der Waals surface area contributed by atoms with Crippen molar-refractivity contribution in [2.45, 2.75) is 38.4 Å². The topological polar surface area (TPSA) is 59.0 Å². The van der Waals surface area contributed by atoms with Crippen LogP contribution in [0.25, 0.3) is 5.69 Å². The number of carbonyl (C=O) groups excluding carboxylic acids is 1. The molecule has 0 spiro atoms. The monoisotopic (exact) mass is 378 g/mol. The van der Waals surface area contributed by atoms with Crippen molar-refractivity contribution in [3.8, 4) is 5.69 Å². The van der Waals surface area contributed by atoms with E-state index in [1.807, 2.05) is 23.8 Å². The molecule has 0 radical (unpaired) electrons. The van der Waals surface area contributed by atoms with Crippen LogP contribution in [-0.2, 0) is 11.3 Å². The van der Waals surface area contributed by atoms with Gasteiger partial charge in [0.1, 0.15) is 11.6 Å². The van der Waals surface area contributed by atoms with Crippen molar-refractivity contribution < 1.29 is 9.18 Å². The summed E-state index contributed by atoms with van der Waals surface area (Å²) in [7, 11) is 0. The number of benzene rings is 2. The summed E-state index contributed by atoms with van der Waals surface area (Å²) in [5.41, 5.74) is 3.01. The quantitative estimate of drug-likeness (QED) is 0.715. The number of aromatic nitrogens is 2. The number of aryl methyl sites for hydroxylation is 1. The lowest BCUT2D eigenvalue weighted by Crippen LogP contribution is -2.48. The fourth-order valence-electron chi connectivity index (χ4n) is 3.71. The fraction of sp³-hybridized carbons (Fsp3) is 0.273. The van der Waals surface area contributed by atoms with Gasteiger partial charge in [0, 0.05) is 37.1 Å². The van der Waals surface area contributed by atoms with E-state index in [1.54, 1.807) is 12.3 Å². The van der Waals surface area contributed by atoms with Crippen molar-refractivity contribution in [1.29, 1.82) is 0 Å². The third kappa shape index (κ3) is 3.97. The number of rotatable bonds is 5. The third-order valence-corrected chi connectivity index (χ3v) is 5.22. The Morgan fingerprint density at radius 3 is 2.79 bits per heavy atom. The van der Waals surface area contributed by atoms with Gasteiger partial charge in [-0.1, -0.05) is 24.3 Å². The molecule has 3 aromatic rings. The van der Waals surface area contributed by atoms with Crippen molar-refractivity contribution in [3.05, 3.63) is 83.7 Å². The summed E-state index contributed by atoms with van der Waals surface area (Å²) in [5, 5.41) is 6.54. The molecule has 28 heavy (non-hydrogen) atoms. The molecule has 144 valence electrons. The first-order chi connectivity index (χ1) is 13.6. The maximum Gasteiger partial charge on any atom is 0.220 e.